The van der Waals surface area contributed by atoms with Gasteiger partial charge in [0.1, 0.15) is 0 Å². The Hall–Kier alpha value is -1.44. The maximum Gasteiger partial charge on any atom is 0.160 e. The van der Waals surface area contributed by atoms with Crippen LogP contribution < -0.4 is 4.74 Å². The van der Waals surface area contributed by atoms with Gasteiger partial charge in [-0.1, -0.05) is 12.1 Å². The minimum absolute atomic E-state index is 0.132. The van der Waals surface area contributed by atoms with Gasteiger partial charge in [-0.3, -0.25) is 0 Å². The Morgan fingerprint density at radius 2 is 2.33 bits per heavy atom. The molecule has 1 aromatic carbocycles. The highest BCUT2D eigenvalue weighted by molar-refractivity contribution is 5.44. The lowest BCUT2D eigenvalue weighted by Gasteiger charge is -2.03. The van der Waals surface area contributed by atoms with E-state index < -0.39 is 0 Å². The van der Waals surface area contributed by atoms with Crippen molar-refractivity contribution in [2.24, 2.45) is 0 Å². The molecule has 2 radical (unpaired) electrons. The molecule has 0 saturated carbocycles. The first-order valence-corrected chi connectivity index (χ1v) is 3.52. The molecule has 0 fully saturated rings. The number of rotatable bonds is 3. The summed E-state index contributed by atoms with van der Waals surface area (Å²) < 4.78 is 4.91. The van der Waals surface area contributed by atoms with Crippen LogP contribution in [-0.2, 0) is 0 Å². The third-order valence-corrected chi connectivity index (χ3v) is 1.45. The predicted molar refractivity (Wildman–Crippen MR) is 47.2 cm³/mol. The molecule has 0 aliphatic rings. The van der Waals surface area contributed by atoms with Gasteiger partial charge >= 0.3 is 0 Å². The molecule has 1 rings (SSSR count). The number of hydrogen-bond donors (Lipinski definition) is 1. The van der Waals surface area contributed by atoms with Crippen molar-refractivity contribution in [3.05, 3.63) is 42.8 Å². The highest BCUT2D eigenvalue weighted by Crippen LogP contribution is 2.26. The second-order valence-electron chi connectivity index (χ2n) is 2.24. The van der Waals surface area contributed by atoms with E-state index in [0.29, 0.717) is 5.75 Å². The van der Waals surface area contributed by atoms with Crippen LogP contribution >= 0.6 is 0 Å². The number of methoxy groups -OCH3 is 1. The molecule has 2 heteroatoms. The Labute approximate surface area is 72.1 Å². The third kappa shape index (κ3) is 1.78. The van der Waals surface area contributed by atoms with Crippen molar-refractivity contribution in [3.63, 3.8) is 0 Å². The lowest BCUT2D eigenvalue weighted by Crippen LogP contribution is -1.85. The van der Waals surface area contributed by atoms with Crippen LogP contribution in [-0.4, -0.2) is 12.2 Å². The van der Waals surface area contributed by atoms with Crippen LogP contribution in [0, 0.1) is 6.42 Å². The molecule has 0 bridgehead atoms. The van der Waals surface area contributed by atoms with Crippen LogP contribution in [0.25, 0.3) is 0 Å². The summed E-state index contributed by atoms with van der Waals surface area (Å²) in [6.07, 6.45) is 4.44. The van der Waals surface area contributed by atoms with Gasteiger partial charge in [-0.05, 0) is 17.7 Å². The van der Waals surface area contributed by atoms with E-state index in [0.717, 1.165) is 5.56 Å². The second kappa shape index (κ2) is 3.81. The molecule has 0 spiro atoms. The van der Waals surface area contributed by atoms with Gasteiger partial charge in [0.25, 0.3) is 0 Å². The summed E-state index contributed by atoms with van der Waals surface area (Å²) >= 11 is 0. The summed E-state index contributed by atoms with van der Waals surface area (Å²) in [5, 5.41) is 9.22. The molecular weight excluding hydrogens is 152 g/mol. The van der Waals surface area contributed by atoms with E-state index in [9.17, 15) is 5.11 Å². The fourth-order valence-electron chi connectivity index (χ4n) is 0.885. The first-order chi connectivity index (χ1) is 5.77. The lowest BCUT2D eigenvalue weighted by molar-refractivity contribution is 0.373. The maximum absolute atomic E-state index is 9.22. The summed E-state index contributed by atoms with van der Waals surface area (Å²) in [7, 11) is 1.51. The van der Waals surface area contributed by atoms with Crippen molar-refractivity contribution in [2.45, 2.75) is 0 Å². The van der Waals surface area contributed by atoms with E-state index in [1.54, 1.807) is 24.3 Å². The Balaban J connectivity index is 2.96. The number of allylic oxidation sites excluding steroid dienone is 1. The largest absolute Gasteiger partial charge is 0.504 e. The number of aromatic hydroxyl groups is 1. The first-order valence-electron chi connectivity index (χ1n) is 3.52. The normalized spacial score (nSPS) is 9.42. The van der Waals surface area contributed by atoms with Crippen molar-refractivity contribution in [2.75, 3.05) is 7.11 Å². The quantitative estimate of drug-likeness (QED) is 0.736. The molecule has 0 saturated heterocycles. The van der Waals surface area contributed by atoms with Gasteiger partial charge in [0.2, 0.25) is 0 Å². The standard InChI is InChI=1S/C10H10O2/c1-3-4-8-5-6-9(11)10(7-8)12-2/h3,5-7,11H,1H2,2H3. The molecule has 0 unspecified atom stereocenters. The summed E-state index contributed by atoms with van der Waals surface area (Å²) in [4.78, 5) is 0. The highest BCUT2D eigenvalue weighted by atomic mass is 16.5. The van der Waals surface area contributed by atoms with Gasteiger partial charge in [0.05, 0.1) is 7.11 Å². The van der Waals surface area contributed by atoms with E-state index >= 15 is 0 Å². The molecule has 2 nitrogen and oxygen atoms in total. The second-order valence-corrected chi connectivity index (χ2v) is 2.24. The Bertz CT molecular complexity index is 279. The summed E-state index contributed by atoms with van der Waals surface area (Å²) in [6, 6.07) is 4.99. The smallest absolute Gasteiger partial charge is 0.160 e. The van der Waals surface area contributed by atoms with Gasteiger partial charge in [0, 0.05) is 6.42 Å². The summed E-state index contributed by atoms with van der Waals surface area (Å²) in [5.41, 5.74) is 0.833. The average Bonchev–Trinajstić information content (AvgIpc) is 2.09. The molecule has 12 heavy (non-hydrogen) atoms. The van der Waals surface area contributed by atoms with Crippen molar-refractivity contribution < 1.29 is 9.84 Å². The molecule has 0 atom stereocenters. The number of phenolic OH excluding ortho intramolecular Hbond substituents is 1. The first kappa shape index (κ1) is 8.65. The number of benzene rings is 1. The number of phenols is 1. The number of ether oxygens (including phenoxy) is 1. The maximum atomic E-state index is 9.22. The molecule has 0 aromatic heterocycles. The van der Waals surface area contributed by atoms with Crippen LogP contribution in [0.2, 0.25) is 0 Å². The van der Waals surface area contributed by atoms with Crippen molar-refractivity contribution in [1.29, 1.82) is 0 Å². The summed E-state index contributed by atoms with van der Waals surface area (Å²) in [5.74, 6) is 0.578. The summed E-state index contributed by atoms with van der Waals surface area (Å²) in [6.45, 7) is 3.52. The van der Waals surface area contributed by atoms with Crippen molar-refractivity contribution >= 4 is 0 Å². The molecule has 0 aliphatic carbocycles. The van der Waals surface area contributed by atoms with Crippen molar-refractivity contribution in [1.82, 2.24) is 0 Å². The van der Waals surface area contributed by atoms with Crippen LogP contribution in [0.3, 0.4) is 0 Å². The molecular formula is C10H10O2. The topological polar surface area (TPSA) is 29.5 Å². The number of hydrogen-bond acceptors (Lipinski definition) is 2. The third-order valence-electron chi connectivity index (χ3n) is 1.45. The molecule has 1 N–H and O–H groups in total. The molecule has 0 amide bonds. The van der Waals surface area contributed by atoms with Gasteiger partial charge in [0.15, 0.2) is 11.5 Å². The van der Waals surface area contributed by atoms with Gasteiger partial charge < -0.3 is 9.84 Å². The molecule has 1 aromatic rings. The van der Waals surface area contributed by atoms with Gasteiger partial charge in [-0.2, -0.15) is 0 Å². The zero-order valence-corrected chi connectivity index (χ0v) is 6.87. The van der Waals surface area contributed by atoms with E-state index in [1.807, 2.05) is 0 Å². The Morgan fingerprint density at radius 1 is 1.58 bits per heavy atom. The van der Waals surface area contributed by atoms with Crippen LogP contribution in [0.5, 0.6) is 11.5 Å². The monoisotopic (exact) mass is 162 g/mol. The van der Waals surface area contributed by atoms with Crippen LogP contribution in [0.1, 0.15) is 5.56 Å². The van der Waals surface area contributed by atoms with E-state index in [1.165, 1.54) is 7.11 Å². The van der Waals surface area contributed by atoms with E-state index in [-0.39, 0.29) is 5.75 Å². The van der Waals surface area contributed by atoms with Gasteiger partial charge in [-0.15, -0.1) is 6.58 Å². The van der Waals surface area contributed by atoms with E-state index in [2.05, 4.69) is 13.0 Å². The van der Waals surface area contributed by atoms with Crippen LogP contribution in [0.15, 0.2) is 30.9 Å². The Morgan fingerprint density at radius 3 is 2.92 bits per heavy atom. The minimum Gasteiger partial charge on any atom is -0.504 e. The molecule has 62 valence electrons. The molecule has 0 aliphatic heterocycles. The van der Waals surface area contributed by atoms with Crippen LogP contribution in [0.4, 0.5) is 0 Å². The highest BCUT2D eigenvalue weighted by Gasteiger charge is 2.00. The zero-order chi connectivity index (χ0) is 8.97. The fourth-order valence-corrected chi connectivity index (χ4v) is 0.885. The van der Waals surface area contributed by atoms with E-state index in [4.69, 9.17) is 4.74 Å². The van der Waals surface area contributed by atoms with Gasteiger partial charge in [-0.25, -0.2) is 0 Å². The minimum atomic E-state index is 0.132. The predicted octanol–water partition coefficient (Wildman–Crippen LogP) is 2.02. The SMILES string of the molecule is C=C[C]c1ccc(O)c(OC)c1. The van der Waals surface area contributed by atoms with Crippen molar-refractivity contribution in [3.8, 4) is 11.5 Å². The average molecular weight is 162 g/mol. The molecule has 0 heterocycles. The lowest BCUT2D eigenvalue weighted by atomic mass is 10.1. The fraction of sp³-hybridized carbons (Fsp3) is 0.100. The Kier molecular flexibility index (Phi) is 2.75. The zero-order valence-electron chi connectivity index (χ0n) is 6.87.